The second-order valence-electron chi connectivity index (χ2n) is 5.97. The molecule has 1 aromatic heterocycles. The first-order valence-corrected chi connectivity index (χ1v) is 9.34. The molecule has 1 aliphatic rings. The third kappa shape index (κ3) is 3.72. The second kappa shape index (κ2) is 6.93. The van der Waals surface area contributed by atoms with Gasteiger partial charge in [0.25, 0.3) is 0 Å². The number of hydrogen-bond donors (Lipinski definition) is 1. The fourth-order valence-electron chi connectivity index (χ4n) is 2.90. The van der Waals surface area contributed by atoms with Gasteiger partial charge in [-0.15, -0.1) is 0 Å². The lowest BCUT2D eigenvalue weighted by atomic mass is 10.2. The second-order valence-corrected chi connectivity index (χ2v) is 7.86. The zero-order chi connectivity index (χ0) is 18.0. The molecule has 25 heavy (non-hydrogen) atoms. The summed E-state index contributed by atoms with van der Waals surface area (Å²) in [6, 6.07) is 3.87. The maximum absolute atomic E-state index is 13.0. The van der Waals surface area contributed by atoms with Crippen LogP contribution in [0.25, 0.3) is 0 Å². The third-order valence-corrected chi connectivity index (χ3v) is 6.07. The van der Waals surface area contributed by atoms with Crippen molar-refractivity contribution in [2.24, 2.45) is 7.05 Å². The van der Waals surface area contributed by atoms with Crippen molar-refractivity contribution in [1.29, 1.82) is 0 Å². The predicted octanol–water partition coefficient (Wildman–Crippen LogP) is 1.03. The van der Waals surface area contributed by atoms with Gasteiger partial charge in [0.15, 0.2) is 0 Å². The largest absolute Gasteiger partial charge is 0.351 e. The first kappa shape index (κ1) is 17.6. The van der Waals surface area contributed by atoms with Gasteiger partial charge in [-0.1, -0.05) is 0 Å². The van der Waals surface area contributed by atoms with E-state index in [1.54, 1.807) is 24.1 Å². The Labute approximate surface area is 145 Å². The molecule has 0 unspecified atom stereocenters. The van der Waals surface area contributed by atoms with Crippen molar-refractivity contribution in [3.05, 3.63) is 48.0 Å². The number of aryl methyl sites for hydroxylation is 1. The summed E-state index contributed by atoms with van der Waals surface area (Å²) in [7, 11) is -2.06. The number of carbonyl (C=O) groups excluding carboxylic acids is 1. The van der Waals surface area contributed by atoms with Crippen molar-refractivity contribution < 1.29 is 17.6 Å². The van der Waals surface area contributed by atoms with E-state index in [9.17, 15) is 17.6 Å². The van der Waals surface area contributed by atoms with Gasteiger partial charge in [-0.2, -0.15) is 9.40 Å². The Bertz CT molecular complexity index is 864. The maximum Gasteiger partial charge on any atom is 0.243 e. The van der Waals surface area contributed by atoms with Crippen LogP contribution in [0, 0.1) is 5.82 Å². The summed E-state index contributed by atoms with van der Waals surface area (Å²) < 4.78 is 41.4. The van der Waals surface area contributed by atoms with Gasteiger partial charge in [0.05, 0.1) is 11.1 Å². The van der Waals surface area contributed by atoms with Gasteiger partial charge in [0.2, 0.25) is 15.9 Å². The molecule has 0 bridgehead atoms. The Morgan fingerprint density at radius 2 is 2.08 bits per heavy atom. The lowest BCUT2D eigenvalue weighted by Gasteiger charge is -2.23. The van der Waals surface area contributed by atoms with E-state index >= 15 is 0 Å². The van der Waals surface area contributed by atoms with E-state index in [1.807, 2.05) is 0 Å². The molecule has 0 radical (unpaired) electrons. The number of carbonyl (C=O) groups is 1. The molecule has 134 valence electrons. The quantitative estimate of drug-likeness (QED) is 0.857. The van der Waals surface area contributed by atoms with Crippen LogP contribution in [0.15, 0.2) is 41.6 Å². The number of rotatable bonds is 5. The van der Waals surface area contributed by atoms with Crippen molar-refractivity contribution in [2.45, 2.75) is 30.3 Å². The van der Waals surface area contributed by atoms with E-state index in [1.165, 1.54) is 16.4 Å². The molecule has 7 nitrogen and oxygen atoms in total. The highest BCUT2D eigenvalue weighted by Gasteiger charge is 2.39. The van der Waals surface area contributed by atoms with Crippen molar-refractivity contribution in [1.82, 2.24) is 19.4 Å². The highest BCUT2D eigenvalue weighted by atomic mass is 32.2. The van der Waals surface area contributed by atoms with Crippen molar-refractivity contribution in [2.75, 3.05) is 6.54 Å². The van der Waals surface area contributed by atoms with Gasteiger partial charge in [0.1, 0.15) is 11.9 Å². The summed E-state index contributed by atoms with van der Waals surface area (Å²) in [5.74, 6) is -0.849. The van der Waals surface area contributed by atoms with Crippen LogP contribution < -0.4 is 5.32 Å². The van der Waals surface area contributed by atoms with E-state index < -0.39 is 21.9 Å². The minimum absolute atomic E-state index is 0.0131. The van der Waals surface area contributed by atoms with Crippen LogP contribution in [0.5, 0.6) is 0 Å². The number of aromatic nitrogens is 2. The molecule has 1 amide bonds. The molecule has 2 aromatic rings. The van der Waals surface area contributed by atoms with Crippen LogP contribution >= 0.6 is 0 Å². The number of halogens is 1. The SMILES string of the molecule is Cn1cc(CNC(=O)[C@@H]2CCCN2S(=O)(=O)c2ccc(F)cc2)cn1. The first-order chi connectivity index (χ1) is 11.9. The molecular formula is C16H19FN4O3S. The van der Waals surface area contributed by atoms with Crippen LogP contribution in [0.4, 0.5) is 4.39 Å². The molecule has 3 rings (SSSR count). The van der Waals surface area contributed by atoms with E-state index in [0.717, 1.165) is 17.7 Å². The smallest absolute Gasteiger partial charge is 0.243 e. The van der Waals surface area contributed by atoms with E-state index in [2.05, 4.69) is 10.4 Å². The fourth-order valence-corrected chi connectivity index (χ4v) is 4.56. The molecule has 0 aliphatic carbocycles. The summed E-state index contributed by atoms with van der Waals surface area (Å²) >= 11 is 0. The fraction of sp³-hybridized carbons (Fsp3) is 0.375. The van der Waals surface area contributed by atoms with Gasteiger partial charge >= 0.3 is 0 Å². The molecule has 2 heterocycles. The van der Waals surface area contributed by atoms with Crippen molar-refractivity contribution in [3.8, 4) is 0 Å². The van der Waals surface area contributed by atoms with Gasteiger partial charge in [-0.05, 0) is 37.1 Å². The average molecular weight is 366 g/mol. The summed E-state index contributed by atoms with van der Waals surface area (Å²) in [5, 5.41) is 6.78. The Balaban J connectivity index is 1.72. The number of nitrogens with zero attached hydrogens (tertiary/aromatic N) is 3. The van der Waals surface area contributed by atoms with E-state index in [4.69, 9.17) is 0 Å². The summed E-state index contributed by atoms with van der Waals surface area (Å²) in [5.41, 5.74) is 0.835. The number of hydrogen-bond acceptors (Lipinski definition) is 4. The Morgan fingerprint density at radius 3 is 2.72 bits per heavy atom. The maximum atomic E-state index is 13.0. The topological polar surface area (TPSA) is 84.3 Å². The zero-order valence-corrected chi connectivity index (χ0v) is 14.5. The molecule has 0 saturated carbocycles. The Kier molecular flexibility index (Phi) is 4.87. The van der Waals surface area contributed by atoms with Gasteiger partial charge < -0.3 is 5.32 Å². The summed E-state index contributed by atoms with van der Waals surface area (Å²) in [4.78, 5) is 12.5. The van der Waals surface area contributed by atoms with E-state index in [-0.39, 0.29) is 23.9 Å². The monoisotopic (exact) mass is 366 g/mol. The minimum Gasteiger partial charge on any atom is -0.351 e. The van der Waals surface area contributed by atoms with Gasteiger partial charge in [0, 0.05) is 31.9 Å². The van der Waals surface area contributed by atoms with Crippen LogP contribution in [0.1, 0.15) is 18.4 Å². The molecule has 9 heteroatoms. The molecule has 1 fully saturated rings. The lowest BCUT2D eigenvalue weighted by Crippen LogP contribution is -2.45. The summed E-state index contributed by atoms with van der Waals surface area (Å²) in [6.07, 6.45) is 4.48. The molecule has 1 saturated heterocycles. The molecule has 1 aliphatic heterocycles. The van der Waals surface area contributed by atoms with Crippen molar-refractivity contribution >= 4 is 15.9 Å². The Morgan fingerprint density at radius 1 is 1.36 bits per heavy atom. The minimum atomic E-state index is -3.84. The molecule has 1 N–H and O–H groups in total. The number of nitrogens with one attached hydrogen (secondary N) is 1. The van der Waals surface area contributed by atoms with Gasteiger partial charge in [-0.25, -0.2) is 12.8 Å². The average Bonchev–Trinajstić information content (AvgIpc) is 3.22. The van der Waals surface area contributed by atoms with Crippen LogP contribution in [-0.4, -0.2) is 41.0 Å². The molecule has 1 atom stereocenters. The number of amides is 1. The highest BCUT2D eigenvalue weighted by molar-refractivity contribution is 7.89. The molecule has 1 aromatic carbocycles. The lowest BCUT2D eigenvalue weighted by molar-refractivity contribution is -0.124. The van der Waals surface area contributed by atoms with Gasteiger partial charge in [-0.3, -0.25) is 9.48 Å². The normalized spacial score (nSPS) is 18.4. The first-order valence-electron chi connectivity index (χ1n) is 7.90. The molecule has 0 spiro atoms. The summed E-state index contributed by atoms with van der Waals surface area (Å²) in [6.45, 7) is 0.554. The highest BCUT2D eigenvalue weighted by Crippen LogP contribution is 2.26. The number of benzene rings is 1. The van der Waals surface area contributed by atoms with E-state index in [0.29, 0.717) is 12.8 Å². The Hall–Kier alpha value is -2.26. The van der Waals surface area contributed by atoms with Crippen LogP contribution in [0.2, 0.25) is 0 Å². The van der Waals surface area contributed by atoms with Crippen LogP contribution in [0.3, 0.4) is 0 Å². The standard InChI is InChI=1S/C16H19FN4O3S/c1-20-11-12(10-19-20)9-18-16(22)15-3-2-8-21(15)25(23,24)14-6-4-13(17)5-7-14/h4-7,10-11,15H,2-3,8-9H2,1H3,(H,18,22)/t15-/m0/s1. The molecular weight excluding hydrogens is 347 g/mol. The van der Waals surface area contributed by atoms with Crippen LogP contribution in [-0.2, 0) is 28.4 Å². The predicted molar refractivity (Wildman–Crippen MR) is 88.4 cm³/mol. The third-order valence-electron chi connectivity index (χ3n) is 4.15. The number of sulfonamides is 1. The zero-order valence-electron chi connectivity index (χ0n) is 13.7. The van der Waals surface area contributed by atoms with Crippen molar-refractivity contribution in [3.63, 3.8) is 0 Å².